The van der Waals surface area contributed by atoms with Crippen LogP contribution in [-0.2, 0) is 34.0 Å². The first-order valence-electron chi connectivity index (χ1n) is 12.5. The third kappa shape index (κ3) is 4.75. The largest absolute Gasteiger partial charge is 0.504 e. The highest BCUT2D eigenvalue weighted by atomic mass is 31.0. The van der Waals surface area contributed by atoms with Gasteiger partial charge in [-0.2, -0.15) is 0 Å². The molecule has 3 aliphatic heterocycles. The number of aliphatic hydroxyl groups is 4. The maximum Gasteiger partial charge on any atom is 0.303 e. The number of nitrogens with one attached hydrogen (secondary N) is 2. The molecule has 0 spiro atoms. The van der Waals surface area contributed by atoms with Gasteiger partial charge >= 0.3 is 5.79 Å². The number of hydrogen-bond acceptors (Lipinski definition) is 13. The van der Waals surface area contributed by atoms with Crippen LogP contribution in [0.2, 0.25) is 0 Å². The molecule has 0 saturated carbocycles. The van der Waals surface area contributed by atoms with Crippen LogP contribution in [-0.4, -0.2) is 107 Å². The minimum absolute atomic E-state index is 0.0772. The van der Waals surface area contributed by atoms with E-state index in [0.717, 1.165) is 36.1 Å². The Kier molecular flexibility index (Phi) is 7.32. The Morgan fingerprint density at radius 3 is 2.37 bits per heavy atom. The van der Waals surface area contributed by atoms with Gasteiger partial charge in [0.15, 0.2) is 17.5 Å². The quantitative estimate of drug-likeness (QED) is 0.0539. The Morgan fingerprint density at radius 1 is 1.02 bits per heavy atom. The molecule has 220 valence electrons. The number of nitrogens with zero attached hydrogens (tertiary/aromatic N) is 2. The molecule has 0 aliphatic carbocycles. The number of morpholine rings is 1. The Labute approximate surface area is 234 Å². The van der Waals surface area contributed by atoms with Gasteiger partial charge in [0, 0.05) is 31.7 Å². The molecule has 2 saturated heterocycles. The third-order valence-corrected chi connectivity index (χ3v) is 8.05. The summed E-state index contributed by atoms with van der Waals surface area (Å²) in [4.78, 5) is 40.3. The lowest BCUT2D eigenvalue weighted by Crippen LogP contribution is -2.79. The SMILES string of the molecule is O=C1NC(=O)C(O)(O)C(O)(O)C1N1Cc2c(NCc3ccc(CN4CCOCC4)cc3P)c(O)c(O)c(O)c2C1=O. The van der Waals surface area contributed by atoms with Gasteiger partial charge in [-0.05, 0) is 16.4 Å². The second-order valence-corrected chi connectivity index (χ2v) is 10.7. The third-order valence-electron chi connectivity index (χ3n) is 7.51. The maximum absolute atomic E-state index is 13.3. The Hall–Kier alpha value is -3.56. The molecule has 2 atom stereocenters. The van der Waals surface area contributed by atoms with Gasteiger partial charge in [-0.1, -0.05) is 18.2 Å². The highest BCUT2D eigenvalue weighted by Crippen LogP contribution is 2.50. The molecule has 2 unspecified atom stereocenters. The maximum atomic E-state index is 13.3. The van der Waals surface area contributed by atoms with E-state index in [4.69, 9.17) is 4.74 Å². The lowest BCUT2D eigenvalue weighted by Gasteiger charge is -2.44. The number of fused-ring (bicyclic) bond motifs is 1. The molecule has 3 aliphatic rings. The number of rotatable bonds is 6. The molecule has 2 aromatic carbocycles. The van der Waals surface area contributed by atoms with Crippen LogP contribution in [0.4, 0.5) is 5.69 Å². The second kappa shape index (κ2) is 10.4. The molecule has 15 nitrogen and oxygen atoms in total. The molecular formula is C25H29N4O11P. The number of aromatic hydroxyl groups is 3. The Bertz CT molecular complexity index is 1440. The van der Waals surface area contributed by atoms with Crippen LogP contribution in [0.25, 0.3) is 0 Å². The summed E-state index contributed by atoms with van der Waals surface area (Å²) >= 11 is 0. The summed E-state index contributed by atoms with van der Waals surface area (Å²) in [5.74, 6) is -15.1. The fraction of sp³-hybridized carbons (Fsp3) is 0.400. The van der Waals surface area contributed by atoms with E-state index >= 15 is 0 Å². The number of benzene rings is 2. The van der Waals surface area contributed by atoms with Crippen molar-refractivity contribution < 1.29 is 54.9 Å². The number of carbonyl (C=O) groups is 3. The van der Waals surface area contributed by atoms with E-state index in [1.165, 1.54) is 0 Å². The number of hydrogen-bond donors (Lipinski definition) is 9. The van der Waals surface area contributed by atoms with E-state index in [1.54, 1.807) is 5.32 Å². The lowest BCUT2D eigenvalue weighted by atomic mass is 9.90. The number of imide groups is 1. The Morgan fingerprint density at radius 2 is 1.71 bits per heavy atom. The number of anilines is 1. The number of piperidine rings is 1. The molecule has 0 bridgehead atoms. The first-order chi connectivity index (χ1) is 19.3. The van der Waals surface area contributed by atoms with E-state index in [1.807, 2.05) is 18.2 Å². The van der Waals surface area contributed by atoms with E-state index in [2.05, 4.69) is 19.5 Å². The van der Waals surface area contributed by atoms with Crippen molar-refractivity contribution in [2.75, 3.05) is 31.6 Å². The predicted molar refractivity (Wildman–Crippen MR) is 142 cm³/mol. The van der Waals surface area contributed by atoms with Crippen LogP contribution in [0.1, 0.15) is 27.0 Å². The fourth-order valence-corrected chi connectivity index (χ4v) is 5.62. The molecule has 16 heteroatoms. The van der Waals surface area contributed by atoms with E-state index in [0.29, 0.717) is 18.1 Å². The van der Waals surface area contributed by atoms with Crippen LogP contribution in [0.5, 0.6) is 17.2 Å². The number of phenols is 3. The zero-order valence-electron chi connectivity index (χ0n) is 21.5. The molecule has 0 aromatic heterocycles. The number of ether oxygens (including phenoxy) is 1. The van der Waals surface area contributed by atoms with Crippen molar-refractivity contribution in [2.24, 2.45) is 0 Å². The van der Waals surface area contributed by atoms with Gasteiger partial charge in [0.05, 0.1) is 31.0 Å². The van der Waals surface area contributed by atoms with Crippen molar-refractivity contribution in [3.63, 3.8) is 0 Å². The molecule has 9 N–H and O–H groups in total. The van der Waals surface area contributed by atoms with Gasteiger partial charge in [0.25, 0.3) is 23.5 Å². The average molecular weight is 592 g/mol. The van der Waals surface area contributed by atoms with Gasteiger partial charge in [0.2, 0.25) is 5.75 Å². The van der Waals surface area contributed by atoms with Crippen LogP contribution in [0.15, 0.2) is 18.2 Å². The van der Waals surface area contributed by atoms with Gasteiger partial charge in [-0.25, -0.2) is 0 Å². The molecule has 3 heterocycles. The molecule has 0 radical (unpaired) electrons. The van der Waals surface area contributed by atoms with Crippen molar-refractivity contribution >= 4 is 38.0 Å². The minimum Gasteiger partial charge on any atom is -0.504 e. The zero-order chi connectivity index (χ0) is 29.9. The normalized spacial score (nSPS) is 22.0. The van der Waals surface area contributed by atoms with Gasteiger partial charge < -0.3 is 50.7 Å². The van der Waals surface area contributed by atoms with Crippen LogP contribution in [0, 0.1) is 0 Å². The number of carbonyl (C=O) groups excluding carboxylic acids is 3. The second-order valence-electron chi connectivity index (χ2n) is 10.1. The molecule has 2 aromatic rings. The first kappa shape index (κ1) is 29.0. The van der Waals surface area contributed by atoms with Gasteiger partial charge in [-0.15, -0.1) is 9.24 Å². The van der Waals surface area contributed by atoms with Crippen molar-refractivity contribution in [1.82, 2.24) is 15.1 Å². The summed E-state index contributed by atoms with van der Waals surface area (Å²) in [6.07, 6.45) is 0. The first-order valence-corrected chi connectivity index (χ1v) is 13.1. The van der Waals surface area contributed by atoms with E-state index < -0.39 is 64.7 Å². The van der Waals surface area contributed by atoms with Gasteiger partial charge in [-0.3, -0.25) is 24.6 Å². The summed E-state index contributed by atoms with van der Waals surface area (Å²) in [7, 11) is 2.62. The Balaban J connectivity index is 1.42. The van der Waals surface area contributed by atoms with E-state index in [9.17, 15) is 50.1 Å². The van der Waals surface area contributed by atoms with Crippen LogP contribution in [0.3, 0.4) is 0 Å². The summed E-state index contributed by atoms with van der Waals surface area (Å²) in [5, 5.41) is 77.5. The number of amides is 3. The predicted octanol–water partition coefficient (Wildman–Crippen LogP) is -2.91. The molecule has 5 rings (SSSR count). The van der Waals surface area contributed by atoms with Crippen molar-refractivity contribution in [2.45, 2.75) is 37.3 Å². The van der Waals surface area contributed by atoms with E-state index in [-0.39, 0.29) is 17.8 Å². The van der Waals surface area contributed by atoms with Crippen molar-refractivity contribution in [3.05, 3.63) is 40.5 Å². The highest BCUT2D eigenvalue weighted by Gasteiger charge is 2.67. The smallest absolute Gasteiger partial charge is 0.303 e. The monoisotopic (exact) mass is 592 g/mol. The topological polar surface area (TPSA) is 233 Å². The summed E-state index contributed by atoms with van der Waals surface area (Å²) < 4.78 is 5.38. The minimum atomic E-state index is -3.88. The van der Waals surface area contributed by atoms with Gasteiger partial charge in [0.1, 0.15) is 0 Å². The van der Waals surface area contributed by atoms with Crippen molar-refractivity contribution in [3.8, 4) is 17.2 Å². The molecular weight excluding hydrogens is 563 g/mol. The van der Waals surface area contributed by atoms with Crippen LogP contribution < -0.4 is 15.9 Å². The number of phenolic OH excluding ortho intramolecular Hbond substituents is 3. The lowest BCUT2D eigenvalue weighted by molar-refractivity contribution is -0.355. The molecule has 2 fully saturated rings. The fourth-order valence-electron chi connectivity index (χ4n) is 5.20. The summed E-state index contributed by atoms with van der Waals surface area (Å²) in [5.41, 5.74) is 0.942. The standard InChI is InChI=1S/C25H29N4O11P/c30-17-15-13(10-29(22(15)34)20-21(33)27-23(35)25(38,39)24(20,36)37)16(18(31)19(17)32)26-8-12-2-1-11(7-14(12)41)9-28-3-5-40-6-4-28/h1-2,7,20,26,30-32,36-39H,3-6,8-10,41H2,(H,27,33,35). The van der Waals surface area contributed by atoms with Crippen molar-refractivity contribution in [1.29, 1.82) is 0 Å². The average Bonchev–Trinajstić information content (AvgIpc) is 3.24. The molecule has 41 heavy (non-hydrogen) atoms. The molecule has 3 amide bonds. The highest BCUT2D eigenvalue weighted by molar-refractivity contribution is 7.27. The summed E-state index contributed by atoms with van der Waals surface area (Å²) in [6, 6.07) is 3.34. The zero-order valence-corrected chi connectivity index (χ0v) is 22.6. The summed E-state index contributed by atoms with van der Waals surface area (Å²) in [6.45, 7) is 3.14. The van der Waals surface area contributed by atoms with Crippen LogP contribution >= 0.6 is 9.24 Å².